The fourth-order valence-corrected chi connectivity index (χ4v) is 4.00. The van der Waals surface area contributed by atoms with E-state index in [9.17, 15) is 4.21 Å². The molecule has 1 aromatic carbocycles. The Labute approximate surface area is 119 Å². The molecular formula is C16H25NOS. The lowest BCUT2D eigenvalue weighted by atomic mass is 9.56. The van der Waals surface area contributed by atoms with E-state index in [1.54, 1.807) is 6.26 Å². The highest BCUT2D eigenvalue weighted by atomic mass is 32.2. The molecule has 0 unspecified atom stereocenters. The molecule has 2 nitrogen and oxygen atoms in total. The Morgan fingerprint density at radius 1 is 1.37 bits per heavy atom. The Morgan fingerprint density at radius 3 is 2.53 bits per heavy atom. The molecular weight excluding hydrogens is 254 g/mol. The maximum Gasteiger partial charge on any atom is 0.0383 e. The molecule has 1 aromatic rings. The molecule has 1 fully saturated rings. The SMILES string of the molecule is C[C@H](C[S@](C)=O)N[C@H]1C[C@H](c2ccccc2)C1(C)C. The van der Waals surface area contributed by atoms with Crippen LogP contribution in [0.5, 0.6) is 0 Å². The lowest BCUT2D eigenvalue weighted by molar-refractivity contribution is 0.0634. The molecule has 1 aliphatic carbocycles. The van der Waals surface area contributed by atoms with E-state index in [1.165, 1.54) is 12.0 Å². The van der Waals surface area contributed by atoms with Gasteiger partial charge in [-0.05, 0) is 30.2 Å². The zero-order valence-electron chi connectivity index (χ0n) is 12.3. The van der Waals surface area contributed by atoms with Gasteiger partial charge in [0.15, 0.2) is 0 Å². The summed E-state index contributed by atoms with van der Waals surface area (Å²) in [7, 11) is -0.722. The van der Waals surface area contributed by atoms with Gasteiger partial charge < -0.3 is 5.32 Å². The van der Waals surface area contributed by atoms with E-state index in [1.807, 2.05) is 0 Å². The van der Waals surface area contributed by atoms with E-state index in [0.717, 1.165) is 5.75 Å². The smallest absolute Gasteiger partial charge is 0.0383 e. The number of hydrogen-bond donors (Lipinski definition) is 1. The van der Waals surface area contributed by atoms with Gasteiger partial charge in [0.1, 0.15) is 0 Å². The minimum absolute atomic E-state index is 0.269. The second-order valence-corrected chi connectivity index (χ2v) is 7.86. The van der Waals surface area contributed by atoms with Crippen molar-refractivity contribution < 1.29 is 4.21 Å². The van der Waals surface area contributed by atoms with E-state index in [0.29, 0.717) is 18.0 Å². The fraction of sp³-hybridized carbons (Fsp3) is 0.625. The molecule has 1 saturated carbocycles. The standard InChI is InChI=1S/C16H25NOS/c1-12(11-19(4)18)17-15-10-14(16(15,2)3)13-8-6-5-7-9-13/h5-9,12,14-15,17H,10-11H2,1-4H3/t12-,14-,15+,19+/m1/s1. The highest BCUT2D eigenvalue weighted by Crippen LogP contribution is 2.52. The van der Waals surface area contributed by atoms with Crippen molar-refractivity contribution in [2.24, 2.45) is 5.41 Å². The van der Waals surface area contributed by atoms with Crippen molar-refractivity contribution in [1.29, 1.82) is 0 Å². The first kappa shape index (κ1) is 14.7. The summed E-state index contributed by atoms with van der Waals surface area (Å²) in [6, 6.07) is 11.6. The summed E-state index contributed by atoms with van der Waals surface area (Å²) in [4.78, 5) is 0. The van der Waals surface area contributed by atoms with Gasteiger partial charge in [0.2, 0.25) is 0 Å². The molecule has 3 heteroatoms. The molecule has 0 radical (unpaired) electrons. The topological polar surface area (TPSA) is 29.1 Å². The van der Waals surface area contributed by atoms with Crippen molar-refractivity contribution in [2.75, 3.05) is 12.0 Å². The molecule has 1 N–H and O–H groups in total. The molecule has 4 atom stereocenters. The van der Waals surface area contributed by atoms with Crippen LogP contribution in [0.3, 0.4) is 0 Å². The molecule has 0 amide bonds. The predicted molar refractivity (Wildman–Crippen MR) is 82.9 cm³/mol. The molecule has 2 rings (SSSR count). The van der Waals surface area contributed by atoms with Crippen LogP contribution in [0.1, 0.15) is 38.7 Å². The monoisotopic (exact) mass is 279 g/mol. The highest BCUT2D eigenvalue weighted by molar-refractivity contribution is 7.84. The number of hydrogen-bond acceptors (Lipinski definition) is 2. The minimum atomic E-state index is -0.722. The number of rotatable bonds is 5. The van der Waals surface area contributed by atoms with E-state index < -0.39 is 10.8 Å². The van der Waals surface area contributed by atoms with Gasteiger partial charge >= 0.3 is 0 Å². The van der Waals surface area contributed by atoms with Crippen LogP contribution in [0.15, 0.2) is 30.3 Å². The quantitative estimate of drug-likeness (QED) is 0.898. The molecule has 0 heterocycles. The number of nitrogens with one attached hydrogen (secondary N) is 1. The highest BCUT2D eigenvalue weighted by Gasteiger charge is 2.48. The third-order valence-corrected chi connectivity index (χ3v) is 5.41. The molecule has 106 valence electrons. The van der Waals surface area contributed by atoms with Gasteiger partial charge in [0.25, 0.3) is 0 Å². The second-order valence-electron chi connectivity index (χ2n) is 6.38. The molecule has 1 aliphatic rings. The van der Waals surface area contributed by atoms with Gasteiger partial charge in [-0.2, -0.15) is 0 Å². The van der Waals surface area contributed by atoms with E-state index >= 15 is 0 Å². The molecule has 0 saturated heterocycles. The first-order valence-corrected chi connectivity index (χ1v) is 8.75. The van der Waals surface area contributed by atoms with E-state index in [-0.39, 0.29) is 5.41 Å². The van der Waals surface area contributed by atoms with E-state index in [4.69, 9.17) is 0 Å². The molecule has 19 heavy (non-hydrogen) atoms. The molecule has 0 bridgehead atoms. The first-order valence-electron chi connectivity index (χ1n) is 7.02. The van der Waals surface area contributed by atoms with Gasteiger partial charge in [-0.25, -0.2) is 0 Å². The zero-order valence-corrected chi connectivity index (χ0v) is 13.2. The largest absolute Gasteiger partial charge is 0.310 e. The van der Waals surface area contributed by atoms with Gasteiger partial charge in [-0.3, -0.25) is 4.21 Å². The Hall–Kier alpha value is -0.670. The summed E-state index contributed by atoms with van der Waals surface area (Å²) in [6.07, 6.45) is 2.95. The maximum absolute atomic E-state index is 11.3. The van der Waals surface area contributed by atoms with Crippen LogP contribution in [-0.4, -0.2) is 28.3 Å². The van der Waals surface area contributed by atoms with Crippen molar-refractivity contribution in [1.82, 2.24) is 5.32 Å². The van der Waals surface area contributed by atoms with Crippen molar-refractivity contribution in [3.63, 3.8) is 0 Å². The normalized spacial score (nSPS) is 28.4. The Balaban J connectivity index is 1.96. The van der Waals surface area contributed by atoms with E-state index in [2.05, 4.69) is 56.4 Å². The van der Waals surface area contributed by atoms with Gasteiger partial charge in [-0.15, -0.1) is 0 Å². The zero-order chi connectivity index (χ0) is 14.0. The van der Waals surface area contributed by atoms with Crippen molar-refractivity contribution in [2.45, 2.75) is 45.2 Å². The Kier molecular flexibility index (Phi) is 4.46. The maximum atomic E-state index is 11.3. The van der Waals surface area contributed by atoms with Gasteiger partial charge in [-0.1, -0.05) is 44.2 Å². The summed E-state index contributed by atoms with van der Waals surface area (Å²) in [6.45, 7) is 6.80. The van der Waals surface area contributed by atoms with Crippen LogP contribution in [0.2, 0.25) is 0 Å². The summed E-state index contributed by atoms with van der Waals surface area (Å²) < 4.78 is 11.3. The van der Waals surface area contributed by atoms with Crippen molar-refractivity contribution in [3.8, 4) is 0 Å². The minimum Gasteiger partial charge on any atom is -0.310 e. The first-order chi connectivity index (χ1) is 8.91. The fourth-order valence-electron chi connectivity index (χ4n) is 3.20. The van der Waals surface area contributed by atoms with Gasteiger partial charge in [0.05, 0.1) is 0 Å². The van der Waals surface area contributed by atoms with Gasteiger partial charge in [0, 0.05) is 34.9 Å². The third-order valence-electron chi connectivity index (χ3n) is 4.44. The van der Waals surface area contributed by atoms with Crippen molar-refractivity contribution >= 4 is 10.8 Å². The predicted octanol–water partition coefficient (Wildman–Crippen LogP) is 2.93. The molecule has 0 spiro atoms. The average Bonchev–Trinajstić information content (AvgIpc) is 2.34. The lowest BCUT2D eigenvalue weighted by Gasteiger charge is -2.53. The molecule has 0 aliphatic heterocycles. The average molecular weight is 279 g/mol. The Morgan fingerprint density at radius 2 is 2.00 bits per heavy atom. The van der Waals surface area contributed by atoms with Crippen molar-refractivity contribution in [3.05, 3.63) is 35.9 Å². The Bertz CT molecular complexity index is 443. The lowest BCUT2D eigenvalue weighted by Crippen LogP contribution is -2.58. The van der Waals surface area contributed by atoms with Crippen LogP contribution >= 0.6 is 0 Å². The second kappa shape index (κ2) is 5.76. The van der Waals surface area contributed by atoms with Crippen LogP contribution in [0.25, 0.3) is 0 Å². The summed E-state index contributed by atoms with van der Waals surface area (Å²) in [5.74, 6) is 1.37. The van der Waals surface area contributed by atoms with Crippen LogP contribution in [0, 0.1) is 5.41 Å². The van der Waals surface area contributed by atoms with Crippen LogP contribution in [-0.2, 0) is 10.8 Å². The summed E-state index contributed by atoms with van der Waals surface area (Å²) in [5, 5.41) is 3.64. The van der Waals surface area contributed by atoms with Crippen LogP contribution < -0.4 is 5.32 Å². The summed E-state index contributed by atoms with van der Waals surface area (Å²) >= 11 is 0. The van der Waals surface area contributed by atoms with Crippen LogP contribution in [0.4, 0.5) is 0 Å². The molecule has 0 aromatic heterocycles. The third kappa shape index (κ3) is 3.26. The number of benzene rings is 1. The summed E-state index contributed by atoms with van der Waals surface area (Å²) in [5.41, 5.74) is 1.71.